The Kier molecular flexibility index (Phi) is 4.00. The third kappa shape index (κ3) is 3.08. The topological polar surface area (TPSA) is 24.4 Å². The van der Waals surface area contributed by atoms with Crippen LogP contribution in [0.4, 0.5) is 0 Å². The van der Waals surface area contributed by atoms with Crippen LogP contribution >= 0.6 is 11.8 Å². The van der Waals surface area contributed by atoms with Crippen LogP contribution < -0.4 is 5.32 Å². The van der Waals surface area contributed by atoms with Crippen molar-refractivity contribution in [1.29, 1.82) is 0 Å². The predicted octanol–water partition coefficient (Wildman–Crippen LogP) is 3.92. The van der Waals surface area contributed by atoms with Crippen LogP contribution in [0.25, 0.3) is 0 Å². The van der Waals surface area contributed by atoms with Crippen molar-refractivity contribution in [2.75, 3.05) is 5.75 Å². The van der Waals surface area contributed by atoms with Gasteiger partial charge in [-0.05, 0) is 32.8 Å². The maximum absolute atomic E-state index is 4.79. The summed E-state index contributed by atoms with van der Waals surface area (Å²) >= 11 is 1.84. The number of thioether (sulfide) groups is 1. The molecule has 0 saturated carbocycles. The number of nitrogens with one attached hydrogen (secondary N) is 1. The molecule has 0 aliphatic carbocycles. The van der Waals surface area contributed by atoms with Gasteiger partial charge >= 0.3 is 0 Å². The minimum absolute atomic E-state index is 0.219. The summed E-state index contributed by atoms with van der Waals surface area (Å²) in [5.41, 5.74) is 2.79. The molecule has 2 rings (SSSR count). The molecule has 1 saturated heterocycles. The lowest BCUT2D eigenvalue weighted by molar-refractivity contribution is 0.465. The van der Waals surface area contributed by atoms with Gasteiger partial charge in [-0.1, -0.05) is 48.5 Å². The normalized spacial score (nSPS) is 27.2. The minimum atomic E-state index is 0.219. The molecule has 1 aromatic carbocycles. The molecular formula is C15H22N2S. The highest BCUT2D eigenvalue weighted by Crippen LogP contribution is 2.28. The first-order chi connectivity index (χ1) is 8.52. The molecule has 1 aliphatic heterocycles. The molecule has 1 N–H and O–H groups in total. The zero-order valence-corrected chi connectivity index (χ0v) is 12.5. The Morgan fingerprint density at radius 3 is 2.61 bits per heavy atom. The number of rotatable bonds is 3. The van der Waals surface area contributed by atoms with E-state index in [1.54, 1.807) is 0 Å². The summed E-state index contributed by atoms with van der Waals surface area (Å²) in [6.45, 7) is 8.75. The lowest BCUT2D eigenvalue weighted by Crippen LogP contribution is -2.39. The van der Waals surface area contributed by atoms with Crippen LogP contribution in [0.2, 0.25) is 0 Å². The molecular weight excluding hydrogens is 240 g/mol. The van der Waals surface area contributed by atoms with Gasteiger partial charge in [0, 0.05) is 11.3 Å². The summed E-state index contributed by atoms with van der Waals surface area (Å²) < 4.78 is 0. The number of hydrogen-bond donors (Lipinski definition) is 1. The molecule has 1 aliphatic rings. The lowest BCUT2D eigenvalue weighted by Gasteiger charge is -2.21. The summed E-state index contributed by atoms with van der Waals surface area (Å²) in [4.78, 5) is 4.79. The molecule has 1 heterocycles. The fourth-order valence-corrected chi connectivity index (χ4v) is 3.20. The van der Waals surface area contributed by atoms with E-state index in [2.05, 4.69) is 57.3 Å². The molecule has 0 spiro atoms. The average Bonchev–Trinajstić information content (AvgIpc) is 2.72. The Balaban J connectivity index is 2.07. The zero-order chi connectivity index (χ0) is 13.2. The van der Waals surface area contributed by atoms with E-state index in [1.807, 2.05) is 11.8 Å². The highest BCUT2D eigenvalue weighted by Gasteiger charge is 2.30. The van der Waals surface area contributed by atoms with Gasteiger partial charge in [-0.2, -0.15) is 0 Å². The van der Waals surface area contributed by atoms with Crippen LogP contribution in [0.5, 0.6) is 0 Å². The first-order valence-corrected chi connectivity index (χ1v) is 7.56. The molecule has 18 heavy (non-hydrogen) atoms. The smallest absolute Gasteiger partial charge is 0.157 e. The van der Waals surface area contributed by atoms with Crippen molar-refractivity contribution in [2.24, 2.45) is 4.99 Å². The number of aliphatic imine (C=N–C) groups is 1. The van der Waals surface area contributed by atoms with E-state index in [-0.39, 0.29) is 11.6 Å². The third-order valence-corrected chi connectivity index (χ3v) is 4.85. The molecule has 1 fully saturated rings. The number of aryl methyl sites for hydroxylation is 1. The summed E-state index contributed by atoms with van der Waals surface area (Å²) in [5.74, 6) is 1.11. The fourth-order valence-electron chi connectivity index (χ4n) is 1.91. The molecule has 1 aromatic rings. The van der Waals surface area contributed by atoms with Crippen molar-refractivity contribution in [3.8, 4) is 0 Å². The van der Waals surface area contributed by atoms with Crippen LogP contribution in [0.15, 0.2) is 29.3 Å². The molecule has 2 nitrogen and oxygen atoms in total. The van der Waals surface area contributed by atoms with Gasteiger partial charge < -0.3 is 5.32 Å². The van der Waals surface area contributed by atoms with E-state index in [0.717, 1.165) is 17.3 Å². The number of hydrogen-bond acceptors (Lipinski definition) is 2. The lowest BCUT2D eigenvalue weighted by atomic mass is 10.0. The quantitative estimate of drug-likeness (QED) is 0.893. The summed E-state index contributed by atoms with van der Waals surface area (Å²) in [5, 5.41) is 4.63. The van der Waals surface area contributed by atoms with Gasteiger partial charge in [-0.3, -0.25) is 4.99 Å². The van der Waals surface area contributed by atoms with Crippen LogP contribution in [-0.4, -0.2) is 16.5 Å². The Morgan fingerprint density at radius 2 is 2.06 bits per heavy atom. The van der Waals surface area contributed by atoms with E-state index in [0.29, 0.717) is 0 Å². The van der Waals surface area contributed by atoms with E-state index < -0.39 is 0 Å². The molecule has 0 amide bonds. The third-order valence-electron chi connectivity index (χ3n) is 3.59. The van der Waals surface area contributed by atoms with Crippen LogP contribution in [0.1, 0.15) is 44.4 Å². The van der Waals surface area contributed by atoms with Crippen LogP contribution in [0, 0.1) is 6.92 Å². The average molecular weight is 262 g/mol. The largest absolute Gasteiger partial charge is 0.359 e. The molecule has 0 radical (unpaired) electrons. The van der Waals surface area contributed by atoms with Gasteiger partial charge in [-0.15, -0.1) is 0 Å². The molecule has 98 valence electrons. The Morgan fingerprint density at radius 1 is 1.39 bits per heavy atom. The van der Waals surface area contributed by atoms with Gasteiger partial charge in [0.1, 0.15) is 0 Å². The standard InChI is InChI=1S/C15H22N2S/c1-5-15(4)10-18-14(17-15)16-12(3)13-8-6-11(2)7-9-13/h6-9,12H,5,10H2,1-4H3,(H,16,17). The zero-order valence-electron chi connectivity index (χ0n) is 11.7. The maximum Gasteiger partial charge on any atom is 0.157 e. The maximum atomic E-state index is 4.79. The second-order valence-corrected chi connectivity index (χ2v) is 6.31. The van der Waals surface area contributed by atoms with Crippen LogP contribution in [0.3, 0.4) is 0 Å². The number of benzene rings is 1. The first-order valence-electron chi connectivity index (χ1n) is 6.58. The fraction of sp³-hybridized carbons (Fsp3) is 0.533. The van der Waals surface area contributed by atoms with Crippen molar-refractivity contribution in [1.82, 2.24) is 5.32 Å². The molecule has 0 aromatic heterocycles. The second kappa shape index (κ2) is 5.35. The Labute approximate surface area is 114 Å². The van der Waals surface area contributed by atoms with Crippen molar-refractivity contribution in [2.45, 2.75) is 45.7 Å². The molecule has 2 unspecified atom stereocenters. The summed E-state index contributed by atoms with van der Waals surface area (Å²) in [6, 6.07) is 8.86. The van der Waals surface area contributed by atoms with Crippen molar-refractivity contribution in [3.05, 3.63) is 35.4 Å². The summed E-state index contributed by atoms with van der Waals surface area (Å²) in [7, 11) is 0. The van der Waals surface area contributed by atoms with Gasteiger partial charge in [0.05, 0.1) is 6.04 Å². The monoisotopic (exact) mass is 262 g/mol. The molecule has 0 bridgehead atoms. The van der Waals surface area contributed by atoms with Gasteiger partial charge in [0.15, 0.2) is 5.17 Å². The van der Waals surface area contributed by atoms with Crippen molar-refractivity contribution >= 4 is 16.9 Å². The number of nitrogens with zero attached hydrogens (tertiary/aromatic N) is 1. The van der Waals surface area contributed by atoms with Gasteiger partial charge in [-0.25, -0.2) is 0 Å². The molecule has 2 atom stereocenters. The Bertz CT molecular complexity index is 438. The van der Waals surface area contributed by atoms with Crippen LogP contribution in [-0.2, 0) is 0 Å². The second-order valence-electron chi connectivity index (χ2n) is 5.35. The highest BCUT2D eigenvalue weighted by atomic mass is 32.2. The summed E-state index contributed by atoms with van der Waals surface area (Å²) in [6.07, 6.45) is 1.14. The van der Waals surface area contributed by atoms with E-state index in [4.69, 9.17) is 4.99 Å². The molecule has 3 heteroatoms. The Hall–Kier alpha value is -0.960. The first kappa shape index (κ1) is 13.5. The van der Waals surface area contributed by atoms with E-state index >= 15 is 0 Å². The van der Waals surface area contributed by atoms with Crippen molar-refractivity contribution < 1.29 is 0 Å². The van der Waals surface area contributed by atoms with Gasteiger partial charge in [0.2, 0.25) is 0 Å². The van der Waals surface area contributed by atoms with E-state index in [9.17, 15) is 0 Å². The minimum Gasteiger partial charge on any atom is -0.359 e. The van der Waals surface area contributed by atoms with Crippen molar-refractivity contribution in [3.63, 3.8) is 0 Å². The highest BCUT2D eigenvalue weighted by molar-refractivity contribution is 8.14. The SMILES string of the molecule is CCC1(C)CSC(=NC(C)c2ccc(C)cc2)N1. The number of amidine groups is 1. The van der Waals surface area contributed by atoms with Gasteiger partial charge in [0.25, 0.3) is 0 Å². The predicted molar refractivity (Wildman–Crippen MR) is 81.3 cm³/mol. The van der Waals surface area contributed by atoms with E-state index in [1.165, 1.54) is 11.1 Å².